The molecular formula is C26H22F3NO4. The number of methoxy groups -OCH3 is 1. The number of alkyl halides is 3. The highest BCUT2D eigenvalue weighted by Crippen LogP contribution is 2.59. The summed E-state index contributed by atoms with van der Waals surface area (Å²) in [5.41, 5.74) is -6.63. The van der Waals surface area contributed by atoms with Crippen molar-refractivity contribution in [1.82, 2.24) is 5.32 Å². The van der Waals surface area contributed by atoms with Gasteiger partial charge in [0.05, 0.1) is 13.2 Å². The molecule has 0 amide bonds. The Morgan fingerprint density at radius 1 is 0.824 bits per heavy atom. The van der Waals surface area contributed by atoms with Gasteiger partial charge in [-0.1, -0.05) is 91.0 Å². The van der Waals surface area contributed by atoms with E-state index in [1.807, 2.05) is 0 Å². The zero-order chi connectivity index (χ0) is 24.4. The predicted molar refractivity (Wildman–Crippen MR) is 117 cm³/mol. The van der Waals surface area contributed by atoms with Gasteiger partial charge in [-0.05, 0) is 16.7 Å². The lowest BCUT2D eigenvalue weighted by Gasteiger charge is -2.35. The molecule has 1 heterocycles. The Labute approximate surface area is 194 Å². The first-order valence-electron chi connectivity index (χ1n) is 10.5. The van der Waals surface area contributed by atoms with Crippen molar-refractivity contribution in [3.05, 3.63) is 108 Å². The summed E-state index contributed by atoms with van der Waals surface area (Å²) in [6, 6.07) is 20.8. The van der Waals surface area contributed by atoms with Crippen molar-refractivity contribution in [3.8, 4) is 0 Å². The standard InChI is InChI=1S/C26H22F3NO4/c1-33-23(32)25(20-15-9-4-10-16-20)26(28,29)24(27,21(30-25)19-13-7-3-8-14-19)22(31)34-17-18-11-5-2-6-12-18/h2-16,21,30H,17H2,1H3/t21-,24+,25+/m0/s1. The summed E-state index contributed by atoms with van der Waals surface area (Å²) in [4.78, 5) is 26.0. The Morgan fingerprint density at radius 3 is 1.91 bits per heavy atom. The lowest BCUT2D eigenvalue weighted by Crippen LogP contribution is -2.62. The van der Waals surface area contributed by atoms with E-state index in [2.05, 4.69) is 5.32 Å². The Hall–Kier alpha value is -3.65. The molecule has 1 N–H and O–H groups in total. The maximum absolute atomic E-state index is 16.7. The summed E-state index contributed by atoms with van der Waals surface area (Å²) in [6.07, 6.45) is 0. The number of hydrogen-bond acceptors (Lipinski definition) is 5. The summed E-state index contributed by atoms with van der Waals surface area (Å²) >= 11 is 0. The second-order valence-electron chi connectivity index (χ2n) is 7.94. The zero-order valence-electron chi connectivity index (χ0n) is 18.2. The van der Waals surface area contributed by atoms with Crippen LogP contribution in [-0.4, -0.2) is 30.6 Å². The normalized spacial score (nSPS) is 25.5. The van der Waals surface area contributed by atoms with Crippen LogP contribution in [0.1, 0.15) is 22.7 Å². The molecule has 0 bridgehead atoms. The van der Waals surface area contributed by atoms with Crippen molar-refractivity contribution in [2.45, 2.75) is 29.8 Å². The van der Waals surface area contributed by atoms with Gasteiger partial charge in [0.25, 0.3) is 5.67 Å². The van der Waals surface area contributed by atoms with Crippen LogP contribution in [0.5, 0.6) is 0 Å². The number of carbonyl (C=O) groups is 2. The average molecular weight is 469 g/mol. The number of carbonyl (C=O) groups excluding carboxylic acids is 2. The van der Waals surface area contributed by atoms with Crippen molar-refractivity contribution in [2.24, 2.45) is 0 Å². The van der Waals surface area contributed by atoms with Crippen LogP contribution >= 0.6 is 0 Å². The van der Waals surface area contributed by atoms with Gasteiger partial charge in [0, 0.05) is 0 Å². The summed E-state index contributed by atoms with van der Waals surface area (Å²) in [5.74, 6) is -7.81. The molecule has 1 fully saturated rings. The number of hydrogen-bond donors (Lipinski definition) is 1. The third-order valence-corrected chi connectivity index (χ3v) is 6.03. The zero-order valence-corrected chi connectivity index (χ0v) is 18.2. The van der Waals surface area contributed by atoms with Gasteiger partial charge in [0.15, 0.2) is 0 Å². The molecule has 3 aromatic carbocycles. The van der Waals surface area contributed by atoms with Crippen LogP contribution in [0.3, 0.4) is 0 Å². The maximum Gasteiger partial charge on any atom is 0.352 e. The largest absolute Gasteiger partial charge is 0.467 e. The first-order chi connectivity index (χ1) is 16.3. The molecule has 34 heavy (non-hydrogen) atoms. The van der Waals surface area contributed by atoms with E-state index < -0.39 is 41.7 Å². The van der Waals surface area contributed by atoms with E-state index in [1.165, 1.54) is 48.5 Å². The van der Waals surface area contributed by atoms with Crippen molar-refractivity contribution >= 4 is 11.9 Å². The van der Waals surface area contributed by atoms with Gasteiger partial charge < -0.3 is 9.47 Å². The molecule has 0 aliphatic carbocycles. The Kier molecular flexibility index (Phi) is 6.18. The van der Waals surface area contributed by atoms with E-state index in [0.29, 0.717) is 5.56 Å². The fraction of sp³-hybridized carbons (Fsp3) is 0.231. The van der Waals surface area contributed by atoms with Crippen LogP contribution in [0.15, 0.2) is 91.0 Å². The molecule has 0 saturated carbocycles. The number of rotatable bonds is 6. The van der Waals surface area contributed by atoms with Crippen LogP contribution in [0, 0.1) is 0 Å². The number of benzene rings is 3. The molecule has 8 heteroatoms. The molecule has 1 saturated heterocycles. The molecule has 1 aliphatic heterocycles. The fourth-order valence-electron chi connectivity index (χ4n) is 4.30. The first-order valence-corrected chi connectivity index (χ1v) is 10.5. The van der Waals surface area contributed by atoms with Crippen molar-refractivity contribution in [2.75, 3.05) is 7.11 Å². The minimum atomic E-state index is -4.59. The smallest absolute Gasteiger partial charge is 0.352 e. The van der Waals surface area contributed by atoms with E-state index in [4.69, 9.17) is 9.47 Å². The minimum Gasteiger partial charge on any atom is -0.467 e. The van der Waals surface area contributed by atoms with Crippen LogP contribution in [-0.2, 0) is 31.2 Å². The maximum atomic E-state index is 16.7. The van der Waals surface area contributed by atoms with E-state index in [9.17, 15) is 9.59 Å². The highest BCUT2D eigenvalue weighted by atomic mass is 19.3. The van der Waals surface area contributed by atoms with Crippen molar-refractivity contribution in [1.29, 1.82) is 0 Å². The van der Waals surface area contributed by atoms with Crippen LogP contribution in [0.4, 0.5) is 13.2 Å². The van der Waals surface area contributed by atoms with E-state index in [1.54, 1.807) is 42.5 Å². The minimum absolute atomic E-state index is 0.0445. The third-order valence-electron chi connectivity index (χ3n) is 6.03. The highest BCUT2D eigenvalue weighted by Gasteiger charge is 2.84. The lowest BCUT2D eigenvalue weighted by molar-refractivity contribution is -0.204. The predicted octanol–water partition coefficient (Wildman–Crippen LogP) is 4.49. The van der Waals surface area contributed by atoms with Gasteiger partial charge in [0.2, 0.25) is 5.54 Å². The molecule has 3 atom stereocenters. The van der Waals surface area contributed by atoms with Gasteiger partial charge >= 0.3 is 17.9 Å². The molecule has 0 radical (unpaired) electrons. The van der Waals surface area contributed by atoms with Gasteiger partial charge in [-0.2, -0.15) is 8.78 Å². The molecule has 5 nitrogen and oxygen atoms in total. The summed E-state index contributed by atoms with van der Waals surface area (Å²) < 4.78 is 59.1. The summed E-state index contributed by atoms with van der Waals surface area (Å²) in [5, 5.41) is 2.45. The molecule has 0 aromatic heterocycles. The monoisotopic (exact) mass is 469 g/mol. The second-order valence-corrected chi connectivity index (χ2v) is 7.94. The molecule has 4 rings (SSSR count). The van der Waals surface area contributed by atoms with Crippen molar-refractivity contribution in [3.63, 3.8) is 0 Å². The number of halogens is 3. The van der Waals surface area contributed by atoms with E-state index >= 15 is 13.2 Å². The molecule has 176 valence electrons. The average Bonchev–Trinajstić information content (AvgIpc) is 3.07. The molecule has 0 spiro atoms. The topological polar surface area (TPSA) is 64.6 Å². The molecule has 0 unspecified atom stereocenters. The summed E-state index contributed by atoms with van der Waals surface area (Å²) in [7, 11) is 0.925. The van der Waals surface area contributed by atoms with Gasteiger partial charge in [-0.25, -0.2) is 14.0 Å². The fourth-order valence-corrected chi connectivity index (χ4v) is 4.30. The Balaban J connectivity index is 1.86. The number of esters is 2. The van der Waals surface area contributed by atoms with Crippen LogP contribution in [0.25, 0.3) is 0 Å². The molecule has 3 aromatic rings. The third kappa shape index (κ3) is 3.45. The lowest BCUT2D eigenvalue weighted by atomic mass is 9.78. The van der Waals surface area contributed by atoms with Gasteiger partial charge in [-0.15, -0.1) is 0 Å². The number of nitrogens with one attached hydrogen (secondary N) is 1. The molecule has 1 aliphatic rings. The van der Waals surface area contributed by atoms with Crippen LogP contribution < -0.4 is 5.32 Å². The second kappa shape index (κ2) is 8.95. The van der Waals surface area contributed by atoms with E-state index in [0.717, 1.165) is 7.11 Å². The molecular weight excluding hydrogens is 447 g/mol. The quantitative estimate of drug-likeness (QED) is 0.539. The number of ether oxygens (including phenoxy) is 2. The van der Waals surface area contributed by atoms with Crippen LogP contribution in [0.2, 0.25) is 0 Å². The SMILES string of the molecule is COC(=O)[C@@]1(c2ccccc2)N[C@@H](c2ccccc2)[C@@](F)(C(=O)OCc2ccccc2)C1(F)F. The summed E-state index contributed by atoms with van der Waals surface area (Å²) in [6.45, 7) is -0.417. The van der Waals surface area contributed by atoms with E-state index in [-0.39, 0.29) is 11.1 Å². The Morgan fingerprint density at radius 2 is 1.35 bits per heavy atom. The van der Waals surface area contributed by atoms with Gasteiger partial charge in [-0.3, -0.25) is 5.32 Å². The van der Waals surface area contributed by atoms with Gasteiger partial charge in [0.1, 0.15) is 6.61 Å². The first kappa shape index (κ1) is 23.5. The Bertz CT molecular complexity index is 1160. The van der Waals surface area contributed by atoms with Crippen molar-refractivity contribution < 1.29 is 32.2 Å². The highest BCUT2D eigenvalue weighted by molar-refractivity contribution is 5.92.